The van der Waals surface area contributed by atoms with Crippen molar-refractivity contribution >= 4 is 22.8 Å². The average molecular weight is 474 g/mol. The number of benzene rings is 2. The first-order chi connectivity index (χ1) is 16.7. The van der Waals surface area contributed by atoms with Gasteiger partial charge in [-0.1, -0.05) is 19.9 Å². The van der Waals surface area contributed by atoms with Gasteiger partial charge in [0.1, 0.15) is 5.75 Å². The number of likely N-dealkylation sites (tertiary alicyclic amines) is 1. The lowest BCUT2D eigenvalue weighted by Crippen LogP contribution is -2.42. The monoisotopic (exact) mass is 473 g/mol. The number of nitrogens with zero attached hydrogens (tertiary/aromatic N) is 2. The van der Waals surface area contributed by atoms with Gasteiger partial charge in [0.25, 0.3) is 0 Å². The topological polar surface area (TPSA) is 65.6 Å². The summed E-state index contributed by atoms with van der Waals surface area (Å²) in [4.78, 5) is 31.9. The molecule has 0 bridgehead atoms. The minimum Gasteiger partial charge on any atom is -0.426 e. The minimum absolute atomic E-state index is 0.180. The first-order valence-corrected chi connectivity index (χ1v) is 12.6. The van der Waals surface area contributed by atoms with Gasteiger partial charge in [-0.25, -0.2) is 0 Å². The van der Waals surface area contributed by atoms with Crippen molar-refractivity contribution in [2.45, 2.75) is 51.9 Å². The molecule has 2 aromatic carbocycles. The smallest absolute Gasteiger partial charge is 0.315 e. The standard InChI is InChI=1S/C29H35N3O3/c1-17(2)27-23-14-20(19-8-10-32(11-9-19)25(33)16-31(4)5)6-7-24(23)30-28(27)21-12-18(3)29-22(13-21)15-26(34)35-29/h6-7,12-14,17,19,30H,8-11,15-16H2,1-5H3. The number of aromatic nitrogens is 1. The molecule has 0 aliphatic carbocycles. The van der Waals surface area contributed by atoms with Crippen molar-refractivity contribution in [1.29, 1.82) is 0 Å². The molecule has 0 spiro atoms. The number of aryl methyl sites for hydroxylation is 1. The Kier molecular flexibility index (Phi) is 6.18. The van der Waals surface area contributed by atoms with Crippen LogP contribution < -0.4 is 4.74 Å². The highest BCUT2D eigenvalue weighted by atomic mass is 16.5. The molecule has 3 aromatic rings. The Morgan fingerprint density at radius 3 is 2.60 bits per heavy atom. The van der Waals surface area contributed by atoms with Crippen molar-refractivity contribution in [3.05, 3.63) is 52.6 Å². The fourth-order valence-corrected chi connectivity index (χ4v) is 5.72. The van der Waals surface area contributed by atoms with Gasteiger partial charge in [0.05, 0.1) is 13.0 Å². The molecule has 6 heteroatoms. The van der Waals surface area contributed by atoms with Crippen molar-refractivity contribution in [3.63, 3.8) is 0 Å². The molecule has 0 atom stereocenters. The lowest BCUT2D eigenvalue weighted by molar-refractivity contribution is -0.133. The van der Waals surface area contributed by atoms with E-state index >= 15 is 0 Å². The molecule has 35 heavy (non-hydrogen) atoms. The van der Waals surface area contributed by atoms with Gasteiger partial charge in [-0.3, -0.25) is 9.59 Å². The van der Waals surface area contributed by atoms with E-state index in [4.69, 9.17) is 4.74 Å². The van der Waals surface area contributed by atoms with Crippen LogP contribution in [0.1, 0.15) is 60.8 Å². The summed E-state index contributed by atoms with van der Waals surface area (Å²) >= 11 is 0. The van der Waals surface area contributed by atoms with Crippen molar-refractivity contribution in [2.75, 3.05) is 33.7 Å². The number of nitrogens with one attached hydrogen (secondary N) is 1. The second-order valence-electron chi connectivity index (χ2n) is 10.7. The van der Waals surface area contributed by atoms with E-state index in [1.165, 1.54) is 16.5 Å². The zero-order valence-corrected chi connectivity index (χ0v) is 21.4. The molecular formula is C29H35N3O3. The SMILES string of the molecule is Cc1cc(-c2[nH]c3ccc(C4CCN(C(=O)CN(C)C)CC4)cc3c2C(C)C)cc2c1OC(=O)C2. The van der Waals surface area contributed by atoms with Crippen LogP contribution in [0.4, 0.5) is 0 Å². The number of amides is 1. The number of ether oxygens (including phenoxy) is 1. The predicted octanol–water partition coefficient (Wildman–Crippen LogP) is 5.00. The molecule has 0 saturated carbocycles. The maximum Gasteiger partial charge on any atom is 0.315 e. The molecule has 184 valence electrons. The maximum absolute atomic E-state index is 12.4. The van der Waals surface area contributed by atoms with Crippen molar-refractivity contribution in [3.8, 4) is 17.0 Å². The van der Waals surface area contributed by atoms with E-state index in [-0.39, 0.29) is 11.9 Å². The average Bonchev–Trinajstić information content (AvgIpc) is 3.38. The molecule has 1 N–H and O–H groups in total. The zero-order valence-electron chi connectivity index (χ0n) is 21.4. The fourth-order valence-electron chi connectivity index (χ4n) is 5.72. The summed E-state index contributed by atoms with van der Waals surface area (Å²) in [6.07, 6.45) is 2.33. The Hall–Kier alpha value is -3.12. The summed E-state index contributed by atoms with van der Waals surface area (Å²) < 4.78 is 5.41. The van der Waals surface area contributed by atoms with E-state index < -0.39 is 0 Å². The lowest BCUT2D eigenvalue weighted by atomic mass is 9.87. The van der Waals surface area contributed by atoms with E-state index in [9.17, 15) is 9.59 Å². The van der Waals surface area contributed by atoms with Crippen LogP contribution in [0.3, 0.4) is 0 Å². The lowest BCUT2D eigenvalue weighted by Gasteiger charge is -2.33. The quantitative estimate of drug-likeness (QED) is 0.419. The first-order valence-electron chi connectivity index (χ1n) is 12.6. The molecule has 1 aromatic heterocycles. The van der Waals surface area contributed by atoms with Crippen molar-refractivity contribution in [1.82, 2.24) is 14.8 Å². The molecular weight excluding hydrogens is 438 g/mol. The number of carbonyl (C=O) groups is 2. The highest BCUT2D eigenvalue weighted by Crippen LogP contribution is 2.41. The van der Waals surface area contributed by atoms with Gasteiger partial charge in [0.15, 0.2) is 0 Å². The predicted molar refractivity (Wildman–Crippen MR) is 139 cm³/mol. The number of H-pyrrole nitrogens is 1. The van der Waals surface area contributed by atoms with Crippen LogP contribution >= 0.6 is 0 Å². The van der Waals surface area contributed by atoms with Crippen LogP contribution in [0.5, 0.6) is 5.75 Å². The maximum atomic E-state index is 12.4. The highest BCUT2D eigenvalue weighted by molar-refractivity contribution is 5.93. The molecule has 1 amide bonds. The fraction of sp³-hybridized carbons (Fsp3) is 0.448. The number of hydrogen-bond acceptors (Lipinski definition) is 4. The Labute approximate surface area is 207 Å². The van der Waals surface area contributed by atoms with Gasteiger partial charge in [0, 0.05) is 35.2 Å². The van der Waals surface area contributed by atoms with E-state index in [2.05, 4.69) is 49.2 Å². The summed E-state index contributed by atoms with van der Waals surface area (Å²) in [7, 11) is 3.88. The number of rotatable bonds is 5. The van der Waals surface area contributed by atoms with Crippen molar-refractivity contribution in [2.24, 2.45) is 0 Å². The van der Waals surface area contributed by atoms with Crippen LogP contribution in [0, 0.1) is 6.92 Å². The van der Waals surface area contributed by atoms with Crippen LogP contribution in [0.25, 0.3) is 22.2 Å². The Bertz CT molecular complexity index is 1300. The van der Waals surface area contributed by atoms with Gasteiger partial charge < -0.3 is 19.5 Å². The molecule has 1 fully saturated rings. The third-order valence-electron chi connectivity index (χ3n) is 7.40. The Morgan fingerprint density at radius 1 is 1.17 bits per heavy atom. The molecule has 5 rings (SSSR count). The number of fused-ring (bicyclic) bond motifs is 2. The van der Waals surface area contributed by atoms with E-state index in [1.54, 1.807) is 0 Å². The zero-order chi connectivity index (χ0) is 24.9. The van der Waals surface area contributed by atoms with Crippen LogP contribution in [-0.4, -0.2) is 60.4 Å². The number of hydrogen-bond donors (Lipinski definition) is 1. The third-order valence-corrected chi connectivity index (χ3v) is 7.40. The van der Waals surface area contributed by atoms with E-state index in [1.807, 2.05) is 30.8 Å². The van der Waals surface area contributed by atoms with Crippen LogP contribution in [0.15, 0.2) is 30.3 Å². The summed E-state index contributed by atoms with van der Waals surface area (Å²) in [6, 6.07) is 11.0. The van der Waals surface area contributed by atoms with E-state index in [0.29, 0.717) is 24.8 Å². The van der Waals surface area contributed by atoms with Gasteiger partial charge >= 0.3 is 5.97 Å². The second kappa shape index (κ2) is 9.15. The second-order valence-corrected chi connectivity index (χ2v) is 10.7. The summed E-state index contributed by atoms with van der Waals surface area (Å²) in [6.45, 7) is 8.59. The number of likely N-dealkylation sites (N-methyl/N-ethyl adjacent to an activating group) is 1. The molecule has 2 aliphatic rings. The van der Waals surface area contributed by atoms with E-state index in [0.717, 1.165) is 59.6 Å². The molecule has 1 saturated heterocycles. The summed E-state index contributed by atoms with van der Waals surface area (Å²) in [5, 5.41) is 1.27. The molecule has 2 aliphatic heterocycles. The summed E-state index contributed by atoms with van der Waals surface area (Å²) in [5.41, 5.74) is 7.99. The Balaban J connectivity index is 1.46. The largest absolute Gasteiger partial charge is 0.426 e. The number of esters is 1. The van der Waals surface area contributed by atoms with Crippen LogP contribution in [-0.2, 0) is 16.0 Å². The summed E-state index contributed by atoms with van der Waals surface area (Å²) in [5.74, 6) is 1.56. The van der Waals surface area contributed by atoms with Crippen LogP contribution in [0.2, 0.25) is 0 Å². The number of piperidine rings is 1. The van der Waals surface area contributed by atoms with Crippen molar-refractivity contribution < 1.29 is 14.3 Å². The van der Waals surface area contributed by atoms with Gasteiger partial charge in [-0.15, -0.1) is 0 Å². The highest BCUT2D eigenvalue weighted by Gasteiger charge is 2.27. The minimum atomic E-state index is -0.180. The molecule has 0 radical (unpaired) electrons. The Morgan fingerprint density at radius 2 is 1.91 bits per heavy atom. The molecule has 0 unspecified atom stereocenters. The van der Waals surface area contributed by atoms with Gasteiger partial charge in [-0.05, 0) is 92.2 Å². The van der Waals surface area contributed by atoms with Gasteiger partial charge in [0.2, 0.25) is 5.91 Å². The number of aromatic amines is 1. The third kappa shape index (κ3) is 4.47. The van der Waals surface area contributed by atoms with Gasteiger partial charge in [-0.2, -0.15) is 0 Å². The first kappa shape index (κ1) is 23.6. The molecule has 3 heterocycles. The number of carbonyl (C=O) groups excluding carboxylic acids is 2. The molecule has 6 nitrogen and oxygen atoms in total. The normalized spacial score (nSPS) is 16.4.